The van der Waals surface area contributed by atoms with E-state index in [1.54, 1.807) is 13.3 Å². The maximum atomic E-state index is 12.8. The molecule has 0 aromatic carbocycles. The van der Waals surface area contributed by atoms with Crippen LogP contribution in [0.1, 0.15) is 54.0 Å². The molecule has 0 aliphatic carbocycles. The van der Waals surface area contributed by atoms with Gasteiger partial charge in [-0.25, -0.2) is 4.98 Å². The van der Waals surface area contributed by atoms with E-state index in [2.05, 4.69) is 26.7 Å². The SMILES string of the molecule is CCCc1[nH]ncc1C(=O)N1CCC(c2nccn2CCOC)CC1. The van der Waals surface area contributed by atoms with Gasteiger partial charge in [0.1, 0.15) is 5.82 Å². The first-order valence-electron chi connectivity index (χ1n) is 9.06. The third-order valence-corrected chi connectivity index (χ3v) is 4.88. The highest BCUT2D eigenvalue weighted by Crippen LogP contribution is 2.28. The molecule has 2 aromatic heterocycles. The van der Waals surface area contributed by atoms with Crippen molar-refractivity contribution in [3.8, 4) is 0 Å². The van der Waals surface area contributed by atoms with Gasteiger partial charge >= 0.3 is 0 Å². The van der Waals surface area contributed by atoms with Crippen LogP contribution in [0.15, 0.2) is 18.6 Å². The number of carbonyl (C=O) groups excluding carboxylic acids is 1. The van der Waals surface area contributed by atoms with Gasteiger partial charge in [-0.2, -0.15) is 5.10 Å². The summed E-state index contributed by atoms with van der Waals surface area (Å²) in [5, 5.41) is 7.02. The molecule has 25 heavy (non-hydrogen) atoms. The van der Waals surface area contributed by atoms with Gasteiger partial charge in [-0.1, -0.05) is 13.3 Å². The van der Waals surface area contributed by atoms with E-state index in [9.17, 15) is 4.79 Å². The molecule has 1 aliphatic heterocycles. The summed E-state index contributed by atoms with van der Waals surface area (Å²) in [6, 6.07) is 0. The summed E-state index contributed by atoms with van der Waals surface area (Å²) < 4.78 is 7.34. The van der Waals surface area contributed by atoms with E-state index < -0.39 is 0 Å². The van der Waals surface area contributed by atoms with Crippen LogP contribution < -0.4 is 0 Å². The minimum atomic E-state index is 0.0957. The number of nitrogens with one attached hydrogen (secondary N) is 1. The number of imidazole rings is 1. The minimum absolute atomic E-state index is 0.0957. The Hall–Kier alpha value is -2.15. The maximum Gasteiger partial charge on any atom is 0.257 e. The number of piperidine rings is 1. The molecule has 0 radical (unpaired) electrons. The second-order valence-electron chi connectivity index (χ2n) is 6.55. The van der Waals surface area contributed by atoms with E-state index in [0.29, 0.717) is 12.5 Å². The largest absolute Gasteiger partial charge is 0.383 e. The van der Waals surface area contributed by atoms with Gasteiger partial charge in [0, 0.05) is 50.7 Å². The molecule has 7 heteroatoms. The maximum absolute atomic E-state index is 12.8. The second kappa shape index (κ2) is 8.29. The van der Waals surface area contributed by atoms with Gasteiger partial charge in [0.25, 0.3) is 5.91 Å². The van der Waals surface area contributed by atoms with E-state index >= 15 is 0 Å². The molecule has 1 N–H and O–H groups in total. The number of rotatable bonds is 7. The van der Waals surface area contributed by atoms with Gasteiger partial charge < -0.3 is 14.2 Å². The molecule has 0 bridgehead atoms. The van der Waals surface area contributed by atoms with E-state index in [-0.39, 0.29) is 5.91 Å². The Kier molecular flexibility index (Phi) is 5.86. The van der Waals surface area contributed by atoms with Crippen LogP contribution in [0.4, 0.5) is 0 Å². The van der Waals surface area contributed by atoms with Crippen LogP contribution in [0.2, 0.25) is 0 Å². The normalized spacial score (nSPS) is 15.7. The molecule has 1 amide bonds. The van der Waals surface area contributed by atoms with Crippen molar-refractivity contribution in [1.29, 1.82) is 0 Å². The first kappa shape index (κ1) is 17.7. The molecule has 0 unspecified atom stereocenters. The predicted molar refractivity (Wildman–Crippen MR) is 94.6 cm³/mol. The van der Waals surface area contributed by atoms with Crippen molar-refractivity contribution < 1.29 is 9.53 Å². The lowest BCUT2D eigenvalue weighted by Crippen LogP contribution is -2.38. The molecule has 1 fully saturated rings. The smallest absolute Gasteiger partial charge is 0.257 e. The first-order chi connectivity index (χ1) is 12.2. The van der Waals surface area contributed by atoms with E-state index in [0.717, 1.165) is 62.4 Å². The Labute approximate surface area is 148 Å². The summed E-state index contributed by atoms with van der Waals surface area (Å²) in [6.45, 7) is 5.13. The average molecular weight is 345 g/mol. The number of aromatic nitrogens is 4. The zero-order valence-corrected chi connectivity index (χ0v) is 15.1. The van der Waals surface area contributed by atoms with Crippen molar-refractivity contribution in [1.82, 2.24) is 24.6 Å². The lowest BCUT2D eigenvalue weighted by Gasteiger charge is -2.32. The Balaban J connectivity index is 1.61. The molecule has 3 rings (SSSR count). The standard InChI is InChI=1S/C18H27N5O2/c1-3-4-16-15(13-20-21-16)18(24)23-8-5-14(6-9-23)17-19-7-10-22(17)11-12-25-2/h7,10,13-14H,3-6,8-9,11-12H2,1-2H3,(H,20,21). The molecule has 1 saturated heterocycles. The van der Waals surface area contributed by atoms with Crippen LogP contribution in [0.25, 0.3) is 0 Å². The van der Waals surface area contributed by atoms with E-state index in [1.165, 1.54) is 0 Å². The van der Waals surface area contributed by atoms with Crippen molar-refractivity contribution >= 4 is 5.91 Å². The topological polar surface area (TPSA) is 76.0 Å². The number of hydrogen-bond donors (Lipinski definition) is 1. The van der Waals surface area contributed by atoms with Crippen molar-refractivity contribution in [2.75, 3.05) is 26.8 Å². The van der Waals surface area contributed by atoms with E-state index in [4.69, 9.17) is 4.74 Å². The first-order valence-corrected chi connectivity index (χ1v) is 9.06. The van der Waals surface area contributed by atoms with Crippen LogP contribution in [-0.4, -0.2) is 57.4 Å². The highest BCUT2D eigenvalue weighted by Gasteiger charge is 2.28. The number of H-pyrrole nitrogens is 1. The Bertz CT molecular complexity index is 685. The van der Waals surface area contributed by atoms with Crippen LogP contribution in [0.3, 0.4) is 0 Å². The number of carbonyl (C=O) groups is 1. The predicted octanol–water partition coefficient (Wildman–Crippen LogP) is 2.22. The fraction of sp³-hybridized carbons (Fsp3) is 0.611. The third kappa shape index (κ3) is 3.92. The Morgan fingerprint density at radius 1 is 1.40 bits per heavy atom. The molecule has 1 aliphatic rings. The number of methoxy groups -OCH3 is 1. The quantitative estimate of drug-likeness (QED) is 0.835. The molecular formula is C18H27N5O2. The van der Waals surface area contributed by atoms with Crippen LogP contribution >= 0.6 is 0 Å². The number of nitrogens with zero attached hydrogens (tertiary/aromatic N) is 4. The van der Waals surface area contributed by atoms with Crippen molar-refractivity contribution in [3.05, 3.63) is 35.7 Å². The van der Waals surface area contributed by atoms with E-state index in [1.807, 2.05) is 17.3 Å². The molecule has 0 spiro atoms. The summed E-state index contributed by atoms with van der Waals surface area (Å²) in [5.74, 6) is 1.60. The number of aryl methyl sites for hydroxylation is 1. The van der Waals surface area contributed by atoms with Crippen molar-refractivity contribution in [2.24, 2.45) is 0 Å². The number of hydrogen-bond acceptors (Lipinski definition) is 4. The average Bonchev–Trinajstić information content (AvgIpc) is 3.29. The minimum Gasteiger partial charge on any atom is -0.383 e. The van der Waals surface area contributed by atoms with Gasteiger partial charge in [0.15, 0.2) is 0 Å². The van der Waals surface area contributed by atoms with Crippen LogP contribution in [0, 0.1) is 0 Å². The number of ether oxygens (including phenoxy) is 1. The summed E-state index contributed by atoms with van der Waals surface area (Å²) >= 11 is 0. The summed E-state index contributed by atoms with van der Waals surface area (Å²) in [5.41, 5.74) is 1.67. The Morgan fingerprint density at radius 2 is 2.20 bits per heavy atom. The fourth-order valence-corrected chi connectivity index (χ4v) is 3.51. The Morgan fingerprint density at radius 3 is 2.92 bits per heavy atom. The summed E-state index contributed by atoms with van der Waals surface area (Å²) in [7, 11) is 1.71. The highest BCUT2D eigenvalue weighted by atomic mass is 16.5. The lowest BCUT2D eigenvalue weighted by molar-refractivity contribution is 0.0709. The monoisotopic (exact) mass is 345 g/mol. The van der Waals surface area contributed by atoms with Crippen LogP contribution in [-0.2, 0) is 17.7 Å². The zero-order valence-electron chi connectivity index (χ0n) is 15.1. The molecular weight excluding hydrogens is 318 g/mol. The summed E-state index contributed by atoms with van der Waals surface area (Å²) in [4.78, 5) is 19.3. The summed E-state index contributed by atoms with van der Waals surface area (Å²) in [6.07, 6.45) is 9.26. The van der Waals surface area contributed by atoms with Gasteiger partial charge in [0.2, 0.25) is 0 Å². The number of amides is 1. The number of likely N-dealkylation sites (tertiary alicyclic amines) is 1. The third-order valence-electron chi connectivity index (χ3n) is 4.88. The zero-order chi connectivity index (χ0) is 17.6. The van der Waals surface area contributed by atoms with Gasteiger partial charge in [-0.05, 0) is 19.3 Å². The molecule has 0 atom stereocenters. The second-order valence-corrected chi connectivity index (χ2v) is 6.55. The molecule has 7 nitrogen and oxygen atoms in total. The fourth-order valence-electron chi connectivity index (χ4n) is 3.51. The molecule has 136 valence electrons. The van der Waals surface area contributed by atoms with Gasteiger partial charge in [-0.15, -0.1) is 0 Å². The van der Waals surface area contributed by atoms with Crippen molar-refractivity contribution in [3.63, 3.8) is 0 Å². The lowest BCUT2D eigenvalue weighted by atomic mass is 9.95. The van der Waals surface area contributed by atoms with Crippen LogP contribution in [0.5, 0.6) is 0 Å². The molecule has 2 aromatic rings. The molecule has 0 saturated carbocycles. The highest BCUT2D eigenvalue weighted by molar-refractivity contribution is 5.95. The van der Waals surface area contributed by atoms with Crippen molar-refractivity contribution in [2.45, 2.75) is 45.1 Å². The van der Waals surface area contributed by atoms with Gasteiger partial charge in [0.05, 0.1) is 18.4 Å². The molecule has 3 heterocycles. The van der Waals surface area contributed by atoms with Gasteiger partial charge in [-0.3, -0.25) is 9.89 Å². The number of aromatic amines is 1.